The van der Waals surface area contributed by atoms with Gasteiger partial charge in [-0.15, -0.1) is 17.9 Å². The number of amides is 1. The molecule has 0 aliphatic rings. The molecule has 118 valence electrons. The normalized spacial score (nSPS) is 12.1. The van der Waals surface area contributed by atoms with Gasteiger partial charge in [0.15, 0.2) is 4.80 Å². The van der Waals surface area contributed by atoms with E-state index in [2.05, 4.69) is 16.6 Å². The first-order valence-electron chi connectivity index (χ1n) is 7.38. The van der Waals surface area contributed by atoms with Crippen LogP contribution in [-0.4, -0.2) is 15.5 Å². The molecule has 2 heterocycles. The molecule has 0 fully saturated rings. The number of fused-ring (bicyclic) bond motifs is 2. The Kier molecular flexibility index (Phi) is 3.84. The third-order valence-corrected chi connectivity index (χ3v) is 5.53. The summed E-state index contributed by atoms with van der Waals surface area (Å²) in [7, 11) is 0. The molecule has 2 aromatic heterocycles. The van der Waals surface area contributed by atoms with E-state index in [0.717, 1.165) is 20.4 Å². The lowest BCUT2D eigenvalue weighted by molar-refractivity contribution is 0.0998. The average Bonchev–Trinajstić information content (AvgIpc) is 3.19. The topological polar surface area (TPSA) is 47.2 Å². The van der Waals surface area contributed by atoms with Gasteiger partial charge in [-0.1, -0.05) is 29.5 Å². The zero-order valence-corrected chi connectivity index (χ0v) is 14.3. The van der Waals surface area contributed by atoms with Crippen LogP contribution in [-0.2, 0) is 6.54 Å². The standard InChI is InChI=1S/C18H13N3OS2/c1-2-9-21-14-5-3-4-6-15(14)24-18(21)20-17(22)12-7-8-13-16(10-12)23-11-19-13/h2-8,10-11H,1,9H2. The van der Waals surface area contributed by atoms with E-state index in [-0.39, 0.29) is 5.91 Å². The lowest BCUT2D eigenvalue weighted by atomic mass is 10.2. The molecule has 0 spiro atoms. The minimum atomic E-state index is -0.241. The van der Waals surface area contributed by atoms with Crippen molar-refractivity contribution in [1.29, 1.82) is 0 Å². The Morgan fingerprint density at radius 3 is 3.00 bits per heavy atom. The smallest absolute Gasteiger partial charge is 0.279 e. The van der Waals surface area contributed by atoms with Crippen molar-refractivity contribution in [3.05, 3.63) is 71.0 Å². The fourth-order valence-electron chi connectivity index (χ4n) is 2.55. The molecule has 0 saturated heterocycles. The summed E-state index contributed by atoms with van der Waals surface area (Å²) in [5, 5.41) is 0. The number of hydrogen-bond donors (Lipinski definition) is 0. The molecule has 4 nitrogen and oxygen atoms in total. The highest BCUT2D eigenvalue weighted by atomic mass is 32.1. The summed E-state index contributed by atoms with van der Waals surface area (Å²) in [4.78, 5) is 21.9. The zero-order chi connectivity index (χ0) is 16.5. The number of hydrogen-bond acceptors (Lipinski definition) is 4. The third kappa shape index (κ3) is 2.60. The highest BCUT2D eigenvalue weighted by molar-refractivity contribution is 7.17. The maximum atomic E-state index is 12.6. The molecule has 0 atom stereocenters. The van der Waals surface area contributed by atoms with Crippen molar-refractivity contribution in [2.24, 2.45) is 4.99 Å². The van der Waals surface area contributed by atoms with E-state index in [1.54, 1.807) is 11.6 Å². The van der Waals surface area contributed by atoms with Gasteiger partial charge >= 0.3 is 0 Å². The Balaban J connectivity index is 1.84. The Morgan fingerprint density at radius 1 is 1.25 bits per heavy atom. The van der Waals surface area contributed by atoms with Crippen LogP contribution < -0.4 is 4.80 Å². The Morgan fingerprint density at radius 2 is 2.12 bits per heavy atom. The SMILES string of the molecule is C=CCn1c(=NC(=O)c2ccc3ncsc3c2)sc2ccccc21. The van der Waals surface area contributed by atoms with E-state index < -0.39 is 0 Å². The Hall–Kier alpha value is -2.57. The van der Waals surface area contributed by atoms with Gasteiger partial charge in [0.2, 0.25) is 0 Å². The van der Waals surface area contributed by atoms with Gasteiger partial charge in [-0.3, -0.25) is 4.79 Å². The van der Waals surface area contributed by atoms with Crippen molar-refractivity contribution < 1.29 is 4.79 Å². The molecule has 6 heteroatoms. The molecular weight excluding hydrogens is 338 g/mol. The fraction of sp³-hybridized carbons (Fsp3) is 0.0556. The van der Waals surface area contributed by atoms with Crippen LogP contribution in [0.5, 0.6) is 0 Å². The highest BCUT2D eigenvalue weighted by Gasteiger charge is 2.09. The number of rotatable bonds is 3. The second-order valence-corrected chi connectivity index (χ2v) is 7.10. The number of carbonyl (C=O) groups excluding carboxylic acids is 1. The summed E-state index contributed by atoms with van der Waals surface area (Å²) in [5.74, 6) is -0.241. The number of carbonyl (C=O) groups is 1. The molecule has 1 amide bonds. The van der Waals surface area contributed by atoms with E-state index in [0.29, 0.717) is 16.9 Å². The minimum Gasteiger partial charge on any atom is -0.312 e. The molecule has 4 rings (SSSR count). The van der Waals surface area contributed by atoms with E-state index in [1.807, 2.05) is 47.0 Å². The quantitative estimate of drug-likeness (QED) is 0.518. The largest absolute Gasteiger partial charge is 0.312 e. The number of benzene rings is 2. The molecule has 4 aromatic rings. The van der Waals surface area contributed by atoms with Gasteiger partial charge in [-0.25, -0.2) is 4.98 Å². The number of nitrogens with zero attached hydrogens (tertiary/aromatic N) is 3. The molecular formula is C18H13N3OS2. The van der Waals surface area contributed by atoms with Gasteiger partial charge in [-0.05, 0) is 30.3 Å². The van der Waals surface area contributed by atoms with Gasteiger partial charge in [0.05, 0.1) is 25.9 Å². The van der Waals surface area contributed by atoms with Crippen LogP contribution in [0.1, 0.15) is 10.4 Å². The Bertz CT molecular complexity index is 1130. The lowest BCUT2D eigenvalue weighted by Gasteiger charge is -2.00. The molecule has 0 bridgehead atoms. The summed E-state index contributed by atoms with van der Waals surface area (Å²) < 4.78 is 4.10. The van der Waals surface area contributed by atoms with E-state index in [1.165, 1.54) is 22.7 Å². The predicted molar refractivity (Wildman–Crippen MR) is 99.5 cm³/mol. The molecule has 2 aromatic carbocycles. The molecule has 0 unspecified atom stereocenters. The van der Waals surface area contributed by atoms with Crippen LogP contribution in [0.15, 0.2) is 65.6 Å². The molecule has 24 heavy (non-hydrogen) atoms. The minimum absolute atomic E-state index is 0.241. The van der Waals surface area contributed by atoms with Crippen LogP contribution >= 0.6 is 22.7 Å². The third-order valence-electron chi connectivity index (χ3n) is 3.68. The summed E-state index contributed by atoms with van der Waals surface area (Å²) in [6, 6.07) is 13.5. The maximum Gasteiger partial charge on any atom is 0.279 e. The van der Waals surface area contributed by atoms with E-state index in [9.17, 15) is 4.79 Å². The molecule has 0 saturated carbocycles. The molecule has 0 aliphatic heterocycles. The van der Waals surface area contributed by atoms with Gasteiger partial charge in [0.1, 0.15) is 0 Å². The number of aromatic nitrogens is 2. The highest BCUT2D eigenvalue weighted by Crippen LogP contribution is 2.20. The van der Waals surface area contributed by atoms with Crippen LogP contribution in [0.4, 0.5) is 0 Å². The van der Waals surface area contributed by atoms with Crippen molar-refractivity contribution in [3.8, 4) is 0 Å². The first-order chi connectivity index (χ1) is 11.8. The monoisotopic (exact) mass is 351 g/mol. The van der Waals surface area contributed by atoms with Gasteiger partial charge < -0.3 is 4.57 Å². The van der Waals surface area contributed by atoms with Gasteiger partial charge in [0, 0.05) is 12.1 Å². The maximum absolute atomic E-state index is 12.6. The van der Waals surface area contributed by atoms with Crippen LogP contribution in [0.2, 0.25) is 0 Å². The summed E-state index contributed by atoms with van der Waals surface area (Å²) in [6.07, 6.45) is 1.81. The zero-order valence-electron chi connectivity index (χ0n) is 12.7. The van der Waals surface area contributed by atoms with Gasteiger partial charge in [-0.2, -0.15) is 4.99 Å². The van der Waals surface area contributed by atoms with Crippen molar-refractivity contribution in [2.75, 3.05) is 0 Å². The fourth-order valence-corrected chi connectivity index (χ4v) is 4.31. The van der Waals surface area contributed by atoms with Crippen LogP contribution in [0.25, 0.3) is 20.4 Å². The Labute approximate surface area is 146 Å². The predicted octanol–water partition coefficient (Wildman–Crippen LogP) is 4.24. The summed E-state index contributed by atoms with van der Waals surface area (Å²) >= 11 is 3.03. The van der Waals surface area contributed by atoms with Crippen molar-refractivity contribution >= 4 is 49.0 Å². The number of para-hydroxylation sites is 1. The molecule has 0 radical (unpaired) electrons. The first kappa shape index (κ1) is 15.0. The number of allylic oxidation sites excluding steroid dienone is 1. The second-order valence-electron chi connectivity index (χ2n) is 5.20. The van der Waals surface area contributed by atoms with Crippen molar-refractivity contribution in [1.82, 2.24) is 9.55 Å². The van der Waals surface area contributed by atoms with Crippen molar-refractivity contribution in [2.45, 2.75) is 6.54 Å². The van der Waals surface area contributed by atoms with Crippen LogP contribution in [0, 0.1) is 0 Å². The summed E-state index contributed by atoms with van der Waals surface area (Å²) in [6.45, 7) is 4.42. The van der Waals surface area contributed by atoms with Crippen LogP contribution in [0.3, 0.4) is 0 Å². The molecule has 0 N–H and O–H groups in total. The van der Waals surface area contributed by atoms with Gasteiger partial charge in [0.25, 0.3) is 5.91 Å². The average molecular weight is 351 g/mol. The lowest BCUT2D eigenvalue weighted by Crippen LogP contribution is -2.16. The van der Waals surface area contributed by atoms with E-state index in [4.69, 9.17) is 0 Å². The second kappa shape index (κ2) is 6.14. The van der Waals surface area contributed by atoms with E-state index >= 15 is 0 Å². The number of thiazole rings is 2. The summed E-state index contributed by atoms with van der Waals surface area (Å²) in [5.41, 5.74) is 4.32. The molecule has 0 aliphatic carbocycles. The first-order valence-corrected chi connectivity index (χ1v) is 9.07. The van der Waals surface area contributed by atoms with Crippen molar-refractivity contribution in [3.63, 3.8) is 0 Å².